The predicted octanol–water partition coefficient (Wildman–Crippen LogP) is 1.89. The van der Waals surface area contributed by atoms with E-state index >= 15 is 0 Å². The Hall–Kier alpha value is -0.300. The minimum atomic E-state index is -4.53. The van der Waals surface area contributed by atoms with E-state index in [0.29, 0.717) is 11.1 Å². The van der Waals surface area contributed by atoms with E-state index in [4.69, 9.17) is 34.7 Å². The number of hydrogen-bond donors (Lipinski definition) is 2. The first-order valence-corrected chi connectivity index (χ1v) is 10.3. The van der Waals surface area contributed by atoms with Gasteiger partial charge in [0.05, 0.1) is 31.2 Å². The van der Waals surface area contributed by atoms with E-state index in [9.17, 15) is 25.9 Å². The Labute approximate surface area is 197 Å². The number of anilines is 2. The fourth-order valence-corrected chi connectivity index (χ4v) is 3.84. The van der Waals surface area contributed by atoms with Crippen molar-refractivity contribution in [3.05, 3.63) is 45.4 Å². The molecule has 0 spiro atoms. The normalized spacial score (nSPS) is 11.2. The average Bonchev–Trinajstić information content (AvgIpc) is 2.48. The smallest absolute Gasteiger partial charge is 0.744 e. The molecule has 0 amide bonds. The fourth-order valence-electron chi connectivity index (χ4n) is 1.73. The van der Waals surface area contributed by atoms with Gasteiger partial charge in [-0.2, -0.15) is 0 Å². The molecule has 0 aromatic heterocycles. The molecule has 0 bridgehead atoms. The number of hydrogen-bond acceptors (Lipinski definition) is 8. The Morgan fingerprint density at radius 2 is 1.00 bits per heavy atom. The molecule has 0 aliphatic carbocycles. The largest absolute Gasteiger partial charge is 2.00 e. The Kier molecular flexibility index (Phi) is 9.84. The summed E-state index contributed by atoms with van der Waals surface area (Å²) in [7, 11) is -9.07. The summed E-state index contributed by atoms with van der Waals surface area (Å²) in [5.74, 6) is 0. The van der Waals surface area contributed by atoms with Crippen molar-refractivity contribution in [2.45, 2.75) is 23.6 Å². The van der Waals surface area contributed by atoms with Crippen molar-refractivity contribution in [2.75, 3.05) is 11.5 Å². The minimum absolute atomic E-state index is 0. The molecule has 13 heteroatoms. The van der Waals surface area contributed by atoms with E-state index in [2.05, 4.69) is 0 Å². The molecule has 8 nitrogen and oxygen atoms in total. The van der Waals surface area contributed by atoms with Crippen LogP contribution in [0.3, 0.4) is 0 Å². The van der Waals surface area contributed by atoms with Crippen molar-refractivity contribution in [1.29, 1.82) is 0 Å². The van der Waals surface area contributed by atoms with Crippen LogP contribution >= 0.6 is 23.2 Å². The minimum Gasteiger partial charge on any atom is -0.744 e. The van der Waals surface area contributed by atoms with E-state index in [0.717, 1.165) is 12.1 Å². The summed E-state index contributed by atoms with van der Waals surface area (Å²) in [6.07, 6.45) is 0. The Morgan fingerprint density at radius 1 is 0.741 bits per heavy atom. The van der Waals surface area contributed by atoms with Crippen LogP contribution in [-0.4, -0.2) is 63.7 Å². The summed E-state index contributed by atoms with van der Waals surface area (Å²) < 4.78 is 63.7. The van der Waals surface area contributed by atoms with Crippen molar-refractivity contribution in [1.82, 2.24) is 0 Å². The van der Waals surface area contributed by atoms with Gasteiger partial charge in [0.25, 0.3) is 0 Å². The van der Waals surface area contributed by atoms with Crippen LogP contribution < -0.4 is 11.5 Å². The third kappa shape index (κ3) is 6.91. The van der Waals surface area contributed by atoms with Crippen LogP contribution in [0, 0.1) is 13.8 Å². The first-order chi connectivity index (χ1) is 11.7. The van der Waals surface area contributed by atoms with Crippen LogP contribution in [0.15, 0.2) is 34.1 Å². The number of halogens is 2. The standard InChI is InChI=1S/2C7H8ClNO3S.Ca/c2*1-4-2-3-5(13(10,11)12)6(8)7(4)9;/h2*2-3H,9H2,1H3,(H,10,11,12);/q;;+2/p-2. The van der Waals surface area contributed by atoms with Gasteiger partial charge in [0, 0.05) is 0 Å². The summed E-state index contributed by atoms with van der Waals surface area (Å²) >= 11 is 11.2. The van der Waals surface area contributed by atoms with Crippen molar-refractivity contribution >= 4 is 92.6 Å². The summed E-state index contributed by atoms with van der Waals surface area (Å²) in [6.45, 7) is 3.34. The van der Waals surface area contributed by atoms with Gasteiger partial charge in [-0.15, -0.1) is 0 Å². The van der Waals surface area contributed by atoms with Gasteiger partial charge in [-0.25, -0.2) is 16.8 Å². The molecule has 0 radical (unpaired) electrons. The Morgan fingerprint density at radius 3 is 1.22 bits per heavy atom. The van der Waals surface area contributed by atoms with E-state index in [-0.39, 0.29) is 59.2 Å². The zero-order valence-electron chi connectivity index (χ0n) is 14.2. The molecular formula is C14H14CaCl2N2O6S2. The van der Waals surface area contributed by atoms with Gasteiger partial charge in [-0.3, -0.25) is 0 Å². The third-order valence-corrected chi connectivity index (χ3v) is 6.06. The topological polar surface area (TPSA) is 166 Å². The molecule has 0 aliphatic rings. The summed E-state index contributed by atoms with van der Waals surface area (Å²) in [6, 6.07) is 5.17. The molecule has 144 valence electrons. The van der Waals surface area contributed by atoms with Crippen LogP contribution in [0.25, 0.3) is 0 Å². The Balaban J connectivity index is 0.000000483. The van der Waals surface area contributed by atoms with E-state index in [1.165, 1.54) is 12.1 Å². The van der Waals surface area contributed by atoms with Gasteiger partial charge in [-0.05, 0) is 37.1 Å². The molecular weight excluding hydrogens is 467 g/mol. The molecule has 0 unspecified atom stereocenters. The van der Waals surface area contributed by atoms with E-state index < -0.39 is 30.0 Å². The van der Waals surface area contributed by atoms with Crippen molar-refractivity contribution in [3.63, 3.8) is 0 Å². The molecule has 0 saturated carbocycles. The quantitative estimate of drug-likeness (QED) is 0.373. The van der Waals surface area contributed by atoms with Gasteiger partial charge in [0.15, 0.2) is 0 Å². The first kappa shape index (κ1) is 26.7. The molecule has 2 aromatic carbocycles. The van der Waals surface area contributed by atoms with Crippen molar-refractivity contribution in [3.8, 4) is 0 Å². The van der Waals surface area contributed by atoms with Gasteiger partial charge < -0.3 is 20.6 Å². The summed E-state index contributed by atoms with van der Waals surface area (Å²) in [5.41, 5.74) is 12.4. The van der Waals surface area contributed by atoms with Gasteiger partial charge >= 0.3 is 37.7 Å². The number of aryl methyl sites for hydroxylation is 2. The number of benzene rings is 2. The van der Waals surface area contributed by atoms with E-state index in [1.54, 1.807) is 13.8 Å². The Bertz CT molecular complexity index is 974. The first-order valence-electron chi connectivity index (χ1n) is 6.68. The molecule has 4 N–H and O–H groups in total. The molecule has 27 heavy (non-hydrogen) atoms. The van der Waals surface area contributed by atoms with Crippen molar-refractivity contribution in [2.24, 2.45) is 0 Å². The zero-order valence-corrected chi connectivity index (χ0v) is 19.5. The van der Waals surface area contributed by atoms with Crippen LogP contribution in [-0.2, 0) is 20.2 Å². The average molecular weight is 481 g/mol. The fraction of sp³-hybridized carbons (Fsp3) is 0.143. The van der Waals surface area contributed by atoms with Crippen molar-refractivity contribution < 1.29 is 25.9 Å². The van der Waals surface area contributed by atoms with Crippen LogP contribution in [0.4, 0.5) is 11.4 Å². The third-order valence-electron chi connectivity index (χ3n) is 3.26. The summed E-state index contributed by atoms with van der Waals surface area (Å²) in [4.78, 5) is -0.950. The van der Waals surface area contributed by atoms with Gasteiger partial charge in [0.2, 0.25) is 0 Å². The van der Waals surface area contributed by atoms with Crippen LogP contribution in [0.5, 0.6) is 0 Å². The van der Waals surface area contributed by atoms with Crippen LogP contribution in [0.1, 0.15) is 11.1 Å². The second-order valence-corrected chi connectivity index (χ2v) is 8.58. The summed E-state index contributed by atoms with van der Waals surface area (Å²) in [5, 5.41) is -0.398. The van der Waals surface area contributed by atoms with Crippen LogP contribution in [0.2, 0.25) is 10.0 Å². The molecule has 0 saturated heterocycles. The SMILES string of the molecule is Cc1ccc(S(=O)(=O)[O-])c(Cl)c1N.Cc1ccc(S(=O)(=O)[O-])c(Cl)c1N.[Ca+2]. The molecule has 0 fully saturated rings. The van der Waals surface area contributed by atoms with E-state index in [1.807, 2.05) is 0 Å². The van der Waals surface area contributed by atoms with Gasteiger partial charge in [0.1, 0.15) is 20.2 Å². The maximum Gasteiger partial charge on any atom is 2.00 e. The zero-order chi connectivity index (χ0) is 20.4. The molecule has 2 rings (SSSR count). The predicted molar refractivity (Wildman–Crippen MR) is 103 cm³/mol. The molecule has 0 atom stereocenters. The number of nitrogens with two attached hydrogens (primary N) is 2. The second-order valence-electron chi connectivity index (χ2n) is 5.12. The molecule has 2 aromatic rings. The monoisotopic (exact) mass is 480 g/mol. The number of rotatable bonds is 2. The second kappa shape index (κ2) is 9.95. The van der Waals surface area contributed by atoms with Gasteiger partial charge in [-0.1, -0.05) is 35.3 Å². The molecule has 0 aliphatic heterocycles. The maximum atomic E-state index is 10.6. The maximum absolute atomic E-state index is 10.6. The molecule has 0 heterocycles. The number of nitrogen functional groups attached to an aromatic ring is 2.